The number of ether oxygens (including phenoxy) is 1. The summed E-state index contributed by atoms with van der Waals surface area (Å²) in [5.41, 5.74) is 1.95. The molecule has 0 spiro atoms. The van der Waals surface area contributed by atoms with Gasteiger partial charge in [0.25, 0.3) is 5.91 Å². The second-order valence-corrected chi connectivity index (χ2v) is 6.16. The number of carbonyl (C=O) groups excluding carboxylic acids is 1. The first-order valence-electron chi connectivity index (χ1n) is 8.18. The number of hydrogen-bond donors (Lipinski definition) is 2. The number of amides is 1. The molecule has 4 nitrogen and oxygen atoms in total. The van der Waals surface area contributed by atoms with Crippen LogP contribution in [0.15, 0.2) is 72.8 Å². The van der Waals surface area contributed by atoms with Crippen molar-refractivity contribution >= 4 is 23.2 Å². The Labute approximate surface area is 157 Å². The average Bonchev–Trinajstić information content (AvgIpc) is 2.66. The maximum Gasteiger partial charge on any atom is 0.259 e. The molecule has 5 heteroatoms. The predicted octanol–water partition coefficient (Wildman–Crippen LogP) is 4.92. The van der Waals surface area contributed by atoms with Crippen molar-refractivity contribution in [1.82, 2.24) is 0 Å². The van der Waals surface area contributed by atoms with E-state index >= 15 is 0 Å². The van der Waals surface area contributed by atoms with Crippen molar-refractivity contribution in [3.05, 3.63) is 88.9 Å². The van der Waals surface area contributed by atoms with E-state index < -0.39 is 5.91 Å². The van der Waals surface area contributed by atoms with Crippen molar-refractivity contribution in [1.29, 1.82) is 0 Å². The van der Waals surface area contributed by atoms with E-state index in [0.29, 0.717) is 17.3 Å². The summed E-state index contributed by atoms with van der Waals surface area (Å²) in [6, 6.07) is 21.5. The topological polar surface area (TPSA) is 58.6 Å². The number of nitrogens with one attached hydrogen (secondary N) is 1. The monoisotopic (exact) mass is 367 g/mol. The Balaban J connectivity index is 1.55. The highest BCUT2D eigenvalue weighted by Gasteiger charge is 2.12. The van der Waals surface area contributed by atoms with Crippen LogP contribution in [0.1, 0.15) is 15.9 Å². The second-order valence-electron chi connectivity index (χ2n) is 5.72. The fraction of sp³-hybridized carbons (Fsp3) is 0.0952. The number of phenolic OH excluding ortho intramolecular Hbond substituents is 1. The Morgan fingerprint density at radius 3 is 2.46 bits per heavy atom. The van der Waals surface area contributed by atoms with Crippen LogP contribution in [0.4, 0.5) is 5.69 Å². The zero-order valence-corrected chi connectivity index (χ0v) is 14.7. The number of carbonyl (C=O) groups is 1. The highest BCUT2D eigenvalue weighted by atomic mass is 35.5. The van der Waals surface area contributed by atoms with E-state index in [-0.39, 0.29) is 11.3 Å². The molecule has 0 aromatic heterocycles. The van der Waals surface area contributed by atoms with Gasteiger partial charge in [0.05, 0.1) is 12.2 Å². The molecule has 0 atom stereocenters. The average molecular weight is 368 g/mol. The van der Waals surface area contributed by atoms with Gasteiger partial charge in [0.1, 0.15) is 11.5 Å². The maximum absolute atomic E-state index is 12.2. The summed E-state index contributed by atoms with van der Waals surface area (Å²) in [7, 11) is 0. The van der Waals surface area contributed by atoms with Crippen LogP contribution in [-0.4, -0.2) is 17.6 Å². The summed E-state index contributed by atoms with van der Waals surface area (Å²) in [6.45, 7) is 0.576. The van der Waals surface area contributed by atoms with Crippen molar-refractivity contribution in [2.45, 2.75) is 6.42 Å². The number of anilines is 1. The zero-order valence-electron chi connectivity index (χ0n) is 14.0. The minimum absolute atomic E-state index is 0.118. The van der Waals surface area contributed by atoms with E-state index in [1.165, 1.54) is 23.8 Å². The molecule has 0 aliphatic carbocycles. The SMILES string of the molecule is O=C(Nc1ccc(OCCc2ccccc2)cc1)c1cc(Cl)ccc1O. The van der Waals surface area contributed by atoms with E-state index in [4.69, 9.17) is 16.3 Å². The molecule has 0 saturated carbocycles. The summed E-state index contributed by atoms with van der Waals surface area (Å²) in [4.78, 5) is 12.2. The van der Waals surface area contributed by atoms with Crippen LogP contribution in [0, 0.1) is 0 Å². The van der Waals surface area contributed by atoms with Gasteiger partial charge in [-0.15, -0.1) is 0 Å². The lowest BCUT2D eigenvalue weighted by Crippen LogP contribution is -2.12. The van der Waals surface area contributed by atoms with Crippen LogP contribution in [0.2, 0.25) is 5.02 Å². The van der Waals surface area contributed by atoms with Gasteiger partial charge in [-0.1, -0.05) is 41.9 Å². The van der Waals surface area contributed by atoms with Gasteiger partial charge >= 0.3 is 0 Å². The molecule has 3 aromatic carbocycles. The number of aromatic hydroxyl groups is 1. The lowest BCUT2D eigenvalue weighted by molar-refractivity contribution is 0.102. The second kappa shape index (κ2) is 8.41. The van der Waals surface area contributed by atoms with Crippen molar-refractivity contribution < 1.29 is 14.6 Å². The molecular weight excluding hydrogens is 350 g/mol. The van der Waals surface area contributed by atoms with E-state index in [1.54, 1.807) is 24.3 Å². The molecule has 0 fully saturated rings. The van der Waals surface area contributed by atoms with Gasteiger partial charge in [-0.05, 0) is 48.0 Å². The third kappa shape index (κ3) is 4.77. The van der Waals surface area contributed by atoms with Crippen LogP contribution in [0.3, 0.4) is 0 Å². The molecule has 0 radical (unpaired) electrons. The molecule has 0 aliphatic rings. The number of hydrogen-bond acceptors (Lipinski definition) is 3. The van der Waals surface area contributed by atoms with Gasteiger partial charge in [0.2, 0.25) is 0 Å². The van der Waals surface area contributed by atoms with Crippen LogP contribution in [0.5, 0.6) is 11.5 Å². The molecule has 0 bridgehead atoms. The first kappa shape index (κ1) is 17.8. The standard InChI is InChI=1S/C21H18ClNO3/c22-16-6-11-20(24)19(14-16)21(25)23-17-7-9-18(10-8-17)26-13-12-15-4-2-1-3-5-15/h1-11,14,24H,12-13H2,(H,23,25). The molecule has 0 saturated heterocycles. The third-order valence-corrected chi connectivity index (χ3v) is 4.05. The molecule has 0 heterocycles. The number of rotatable bonds is 6. The molecule has 1 amide bonds. The summed E-state index contributed by atoms with van der Waals surface area (Å²) in [6.07, 6.45) is 0.827. The zero-order chi connectivity index (χ0) is 18.4. The molecule has 3 aromatic rings. The fourth-order valence-corrected chi connectivity index (χ4v) is 2.63. The van der Waals surface area contributed by atoms with Crippen molar-refractivity contribution in [2.75, 3.05) is 11.9 Å². The smallest absolute Gasteiger partial charge is 0.259 e. The minimum Gasteiger partial charge on any atom is -0.507 e. The van der Waals surface area contributed by atoms with E-state index in [2.05, 4.69) is 17.4 Å². The molecule has 26 heavy (non-hydrogen) atoms. The van der Waals surface area contributed by atoms with Crippen molar-refractivity contribution in [3.8, 4) is 11.5 Å². The highest BCUT2D eigenvalue weighted by Crippen LogP contribution is 2.23. The quantitative estimate of drug-likeness (QED) is 0.650. The molecular formula is C21H18ClNO3. The Kier molecular flexibility index (Phi) is 5.77. The van der Waals surface area contributed by atoms with Gasteiger partial charge in [-0.25, -0.2) is 0 Å². The van der Waals surface area contributed by atoms with Crippen LogP contribution in [-0.2, 0) is 6.42 Å². The predicted molar refractivity (Wildman–Crippen MR) is 103 cm³/mol. The summed E-state index contributed by atoms with van der Waals surface area (Å²) in [5, 5.41) is 12.9. The maximum atomic E-state index is 12.2. The van der Waals surface area contributed by atoms with E-state index in [9.17, 15) is 9.90 Å². The Hall–Kier alpha value is -2.98. The highest BCUT2D eigenvalue weighted by molar-refractivity contribution is 6.31. The molecule has 0 aliphatic heterocycles. The molecule has 0 unspecified atom stereocenters. The first-order valence-corrected chi connectivity index (χ1v) is 8.56. The van der Waals surface area contributed by atoms with Gasteiger partial charge in [-0.3, -0.25) is 4.79 Å². The van der Waals surface area contributed by atoms with Crippen LogP contribution >= 0.6 is 11.6 Å². The Bertz CT molecular complexity index is 880. The number of benzene rings is 3. The summed E-state index contributed by atoms with van der Waals surface area (Å²) >= 11 is 5.87. The molecule has 2 N–H and O–H groups in total. The Morgan fingerprint density at radius 2 is 1.73 bits per heavy atom. The number of halogens is 1. The first-order chi connectivity index (χ1) is 12.6. The lowest BCUT2D eigenvalue weighted by Gasteiger charge is -2.09. The minimum atomic E-state index is -0.428. The van der Waals surface area contributed by atoms with Gasteiger partial charge in [0, 0.05) is 17.1 Å². The Morgan fingerprint density at radius 1 is 1.00 bits per heavy atom. The largest absolute Gasteiger partial charge is 0.507 e. The van der Waals surface area contributed by atoms with E-state index in [1.807, 2.05) is 18.2 Å². The van der Waals surface area contributed by atoms with Gasteiger partial charge in [0.15, 0.2) is 0 Å². The third-order valence-electron chi connectivity index (χ3n) is 3.82. The molecule has 132 valence electrons. The molecule has 3 rings (SSSR count). The van der Waals surface area contributed by atoms with Crippen LogP contribution < -0.4 is 10.1 Å². The van der Waals surface area contributed by atoms with Crippen molar-refractivity contribution in [2.24, 2.45) is 0 Å². The summed E-state index contributed by atoms with van der Waals surface area (Å²) < 4.78 is 5.72. The van der Waals surface area contributed by atoms with Gasteiger partial charge < -0.3 is 15.2 Å². The summed E-state index contributed by atoms with van der Waals surface area (Å²) in [5.74, 6) is 0.181. The van der Waals surface area contributed by atoms with Gasteiger partial charge in [-0.2, -0.15) is 0 Å². The lowest BCUT2D eigenvalue weighted by atomic mass is 10.2. The van der Waals surface area contributed by atoms with E-state index in [0.717, 1.165) is 12.2 Å². The number of phenols is 1. The van der Waals surface area contributed by atoms with Crippen molar-refractivity contribution in [3.63, 3.8) is 0 Å². The van der Waals surface area contributed by atoms with Crippen LogP contribution in [0.25, 0.3) is 0 Å². The normalized spacial score (nSPS) is 10.3. The fourth-order valence-electron chi connectivity index (χ4n) is 2.45.